The summed E-state index contributed by atoms with van der Waals surface area (Å²) in [5.41, 5.74) is 0.448. The van der Waals surface area contributed by atoms with E-state index in [-0.39, 0.29) is 36.0 Å². The van der Waals surface area contributed by atoms with E-state index in [1.165, 1.54) is 19.2 Å². The molecular weight excluding hydrogens is 329 g/mol. The summed E-state index contributed by atoms with van der Waals surface area (Å²) in [7, 11) is 1.36. The van der Waals surface area contributed by atoms with Crippen molar-refractivity contribution in [2.24, 2.45) is 11.8 Å². The minimum Gasteiger partial charge on any atom is -0.494 e. The zero-order valence-corrected chi connectivity index (χ0v) is 13.7. The van der Waals surface area contributed by atoms with Crippen molar-refractivity contribution in [1.29, 1.82) is 0 Å². The van der Waals surface area contributed by atoms with Gasteiger partial charge in [-0.3, -0.25) is 19.3 Å². The summed E-state index contributed by atoms with van der Waals surface area (Å²) in [6, 6.07) is 4.21. The van der Waals surface area contributed by atoms with Crippen molar-refractivity contribution < 1.29 is 28.2 Å². The number of benzene rings is 1. The van der Waals surface area contributed by atoms with Gasteiger partial charge in [0.25, 0.3) is 0 Å². The molecule has 0 aromatic heterocycles. The molecule has 0 radical (unpaired) electrons. The summed E-state index contributed by atoms with van der Waals surface area (Å²) in [6.07, 6.45) is 4.80. The Morgan fingerprint density at radius 3 is 2.40 bits per heavy atom. The number of methoxy groups -OCH3 is 1. The molecule has 1 saturated heterocycles. The molecule has 1 aliphatic heterocycles. The third-order valence-electron chi connectivity index (χ3n) is 4.50. The van der Waals surface area contributed by atoms with Gasteiger partial charge in [-0.05, 0) is 30.5 Å². The number of fused-ring (bicyclic) bond motifs is 1. The Labute approximate surface area is 144 Å². The van der Waals surface area contributed by atoms with Crippen LogP contribution in [-0.4, -0.2) is 36.3 Å². The van der Waals surface area contributed by atoms with E-state index in [0.29, 0.717) is 18.4 Å². The number of amides is 2. The Balaban J connectivity index is 1.57. The molecule has 25 heavy (non-hydrogen) atoms. The predicted molar refractivity (Wildman–Crippen MR) is 84.8 cm³/mol. The highest BCUT2D eigenvalue weighted by Gasteiger charge is 2.47. The van der Waals surface area contributed by atoms with Crippen molar-refractivity contribution in [1.82, 2.24) is 4.90 Å². The van der Waals surface area contributed by atoms with Gasteiger partial charge in [-0.2, -0.15) is 0 Å². The molecule has 1 aromatic carbocycles. The third kappa shape index (κ3) is 3.40. The second-order valence-corrected chi connectivity index (χ2v) is 6.05. The number of likely N-dealkylation sites (tertiary alicyclic amines) is 1. The van der Waals surface area contributed by atoms with Crippen LogP contribution in [0.4, 0.5) is 4.39 Å². The van der Waals surface area contributed by atoms with Gasteiger partial charge in [-0.1, -0.05) is 18.2 Å². The molecule has 0 N–H and O–H groups in total. The zero-order valence-electron chi connectivity index (χ0n) is 13.7. The van der Waals surface area contributed by atoms with Gasteiger partial charge in [0.1, 0.15) is 13.2 Å². The Hall–Kier alpha value is -2.70. The van der Waals surface area contributed by atoms with Gasteiger partial charge in [-0.15, -0.1) is 0 Å². The molecule has 1 aliphatic carbocycles. The van der Waals surface area contributed by atoms with E-state index in [4.69, 9.17) is 9.47 Å². The monoisotopic (exact) mass is 347 g/mol. The molecule has 2 aliphatic rings. The van der Waals surface area contributed by atoms with Crippen LogP contribution in [0.25, 0.3) is 0 Å². The smallest absolute Gasteiger partial charge is 0.326 e. The van der Waals surface area contributed by atoms with Crippen LogP contribution in [0.2, 0.25) is 0 Å². The normalized spacial score (nSPS) is 22.1. The highest BCUT2D eigenvalue weighted by Crippen LogP contribution is 2.34. The molecule has 0 bridgehead atoms. The fraction of sp³-hybridized carbons (Fsp3) is 0.389. The first-order valence-electron chi connectivity index (χ1n) is 7.99. The minimum atomic E-state index is -0.704. The Morgan fingerprint density at radius 1 is 1.20 bits per heavy atom. The average Bonchev–Trinajstić information content (AvgIpc) is 2.85. The van der Waals surface area contributed by atoms with Gasteiger partial charge in [0.05, 0.1) is 18.9 Å². The second kappa shape index (κ2) is 7.04. The molecule has 6 nitrogen and oxygen atoms in total. The van der Waals surface area contributed by atoms with E-state index < -0.39 is 18.3 Å². The van der Waals surface area contributed by atoms with Crippen molar-refractivity contribution in [3.63, 3.8) is 0 Å². The summed E-state index contributed by atoms with van der Waals surface area (Å²) in [4.78, 5) is 37.5. The maximum Gasteiger partial charge on any atom is 0.326 e. The molecule has 2 atom stereocenters. The van der Waals surface area contributed by atoms with E-state index in [2.05, 4.69) is 0 Å². The number of halogens is 1. The van der Waals surface area contributed by atoms with E-state index >= 15 is 0 Å². The van der Waals surface area contributed by atoms with E-state index in [1.807, 2.05) is 12.2 Å². The average molecular weight is 347 g/mol. The van der Waals surface area contributed by atoms with Crippen LogP contribution in [0.15, 0.2) is 30.4 Å². The molecule has 0 saturated carbocycles. The van der Waals surface area contributed by atoms with Crippen LogP contribution in [0.3, 0.4) is 0 Å². The van der Waals surface area contributed by atoms with Gasteiger partial charge in [0.15, 0.2) is 11.6 Å². The largest absolute Gasteiger partial charge is 0.494 e. The molecule has 0 spiro atoms. The molecule has 1 heterocycles. The summed E-state index contributed by atoms with van der Waals surface area (Å²) in [5, 5.41) is 0. The molecule has 132 valence electrons. The number of hydrogen-bond donors (Lipinski definition) is 0. The van der Waals surface area contributed by atoms with Crippen molar-refractivity contribution >= 4 is 17.8 Å². The first kappa shape index (κ1) is 17.1. The highest BCUT2D eigenvalue weighted by atomic mass is 19.1. The topological polar surface area (TPSA) is 72.9 Å². The predicted octanol–water partition coefficient (Wildman–Crippen LogP) is 1.83. The Bertz CT molecular complexity index is 719. The molecule has 2 amide bonds. The molecule has 1 aromatic rings. The number of nitrogens with zero attached hydrogens (tertiary/aromatic N) is 1. The van der Waals surface area contributed by atoms with Gasteiger partial charge < -0.3 is 9.47 Å². The molecule has 7 heteroatoms. The van der Waals surface area contributed by atoms with Crippen molar-refractivity contribution in [2.75, 3.05) is 13.7 Å². The fourth-order valence-electron chi connectivity index (χ4n) is 3.16. The van der Waals surface area contributed by atoms with Gasteiger partial charge in [-0.25, -0.2) is 4.39 Å². The third-order valence-corrected chi connectivity index (χ3v) is 4.50. The summed E-state index contributed by atoms with van der Waals surface area (Å²) in [6.45, 7) is -0.562. The van der Waals surface area contributed by atoms with E-state index in [1.54, 1.807) is 6.07 Å². The second-order valence-electron chi connectivity index (χ2n) is 6.05. The van der Waals surface area contributed by atoms with Crippen LogP contribution < -0.4 is 4.74 Å². The lowest BCUT2D eigenvalue weighted by Crippen LogP contribution is -2.36. The standard InChI is InChI=1S/C18H18FNO5/c1-24-15-7-6-11(8-14(15)19)10-25-16(21)9-20-17(22)12-4-2-3-5-13(12)18(20)23/h2-3,6-8,12-13H,4-5,9-10H2,1H3/t12-,13+. The molecule has 1 fully saturated rings. The summed E-state index contributed by atoms with van der Waals surface area (Å²) in [5.74, 6) is -2.57. The minimum absolute atomic E-state index is 0.0968. The number of hydrogen-bond acceptors (Lipinski definition) is 5. The summed E-state index contributed by atoms with van der Waals surface area (Å²) >= 11 is 0. The van der Waals surface area contributed by atoms with Crippen molar-refractivity contribution in [3.8, 4) is 5.75 Å². The van der Waals surface area contributed by atoms with Crippen LogP contribution in [0.1, 0.15) is 18.4 Å². The van der Waals surface area contributed by atoms with E-state index in [0.717, 1.165) is 4.90 Å². The maximum absolute atomic E-state index is 13.6. The Kier molecular flexibility index (Phi) is 4.83. The fourth-order valence-corrected chi connectivity index (χ4v) is 3.16. The SMILES string of the molecule is COc1ccc(COC(=O)CN2C(=O)[C@H]3CC=CC[C@H]3C2=O)cc1F. The van der Waals surface area contributed by atoms with Crippen LogP contribution in [0, 0.1) is 17.7 Å². The maximum atomic E-state index is 13.6. The zero-order chi connectivity index (χ0) is 18.0. The first-order chi connectivity index (χ1) is 12.0. The van der Waals surface area contributed by atoms with Crippen LogP contribution in [0.5, 0.6) is 5.75 Å². The van der Waals surface area contributed by atoms with Gasteiger partial charge in [0, 0.05) is 0 Å². The number of imide groups is 1. The number of ether oxygens (including phenoxy) is 2. The number of carbonyl (C=O) groups excluding carboxylic acids is 3. The van der Waals surface area contributed by atoms with Gasteiger partial charge in [0.2, 0.25) is 11.8 Å². The highest BCUT2D eigenvalue weighted by molar-refractivity contribution is 6.07. The number of allylic oxidation sites excluding steroid dienone is 2. The molecular formula is C18H18FNO5. The lowest BCUT2D eigenvalue weighted by atomic mass is 9.85. The first-order valence-corrected chi connectivity index (χ1v) is 7.99. The lowest BCUT2D eigenvalue weighted by molar-refractivity contribution is -0.153. The lowest BCUT2D eigenvalue weighted by Gasteiger charge is -2.14. The van der Waals surface area contributed by atoms with Crippen LogP contribution in [-0.2, 0) is 25.7 Å². The molecule has 3 rings (SSSR count). The van der Waals surface area contributed by atoms with Crippen LogP contribution >= 0.6 is 0 Å². The van der Waals surface area contributed by atoms with Gasteiger partial charge >= 0.3 is 5.97 Å². The van der Waals surface area contributed by atoms with Crippen molar-refractivity contribution in [3.05, 3.63) is 41.7 Å². The molecule has 0 unspecified atom stereocenters. The number of carbonyl (C=O) groups is 3. The van der Waals surface area contributed by atoms with Crippen molar-refractivity contribution in [2.45, 2.75) is 19.4 Å². The Morgan fingerprint density at radius 2 is 1.84 bits per heavy atom. The quantitative estimate of drug-likeness (QED) is 0.462. The van der Waals surface area contributed by atoms with E-state index in [9.17, 15) is 18.8 Å². The number of esters is 1. The number of rotatable bonds is 5. The summed E-state index contributed by atoms with van der Waals surface area (Å²) < 4.78 is 23.5.